The maximum Gasteiger partial charge on any atom is 0.253 e. The number of hydrogen-bond donors (Lipinski definition) is 1. The van der Waals surface area contributed by atoms with Gasteiger partial charge in [-0.15, -0.1) is 0 Å². The highest BCUT2D eigenvalue weighted by molar-refractivity contribution is 5.95. The van der Waals surface area contributed by atoms with E-state index in [1.165, 1.54) is 0 Å². The number of carbonyl (C=O) groups excluding carboxylic acids is 1. The molecule has 0 aliphatic carbocycles. The Balaban J connectivity index is 1.72. The standard InChI is InChI=1S/C26H32N2O3/c1-4-28(5-2)25(29)20-9-7-19(8-10-20)23-18-26(13-15-27-16-14-26)31-24-17-21(30-6-3)11-12-22(23)24/h7-12,17-18,27H,4-6,13-16H2,1-3H3. The molecule has 0 atom stereocenters. The van der Waals surface area contributed by atoms with E-state index in [4.69, 9.17) is 9.47 Å². The molecule has 1 amide bonds. The van der Waals surface area contributed by atoms with Gasteiger partial charge in [0.2, 0.25) is 0 Å². The van der Waals surface area contributed by atoms with E-state index >= 15 is 0 Å². The molecule has 4 rings (SSSR count). The van der Waals surface area contributed by atoms with Gasteiger partial charge in [-0.05, 0) is 75.3 Å². The average molecular weight is 421 g/mol. The van der Waals surface area contributed by atoms with E-state index in [0.29, 0.717) is 19.7 Å². The summed E-state index contributed by atoms with van der Waals surface area (Å²) in [5, 5.41) is 3.43. The molecule has 2 aromatic rings. The second-order valence-corrected chi connectivity index (χ2v) is 8.12. The fraction of sp³-hybridized carbons (Fsp3) is 0.423. The minimum absolute atomic E-state index is 0.0779. The normalized spacial score (nSPS) is 16.8. The summed E-state index contributed by atoms with van der Waals surface area (Å²) in [6, 6.07) is 14.1. The van der Waals surface area contributed by atoms with Gasteiger partial charge < -0.3 is 19.7 Å². The summed E-state index contributed by atoms with van der Waals surface area (Å²) < 4.78 is 12.3. The van der Waals surface area contributed by atoms with Crippen LogP contribution in [0.25, 0.3) is 5.57 Å². The largest absolute Gasteiger partial charge is 0.494 e. The SMILES string of the molecule is CCOc1ccc2c(c1)OC1(C=C2c2ccc(C(=O)N(CC)CC)cc2)CCNCC1. The van der Waals surface area contributed by atoms with Crippen molar-refractivity contribution >= 4 is 11.5 Å². The number of benzene rings is 2. The number of nitrogens with zero attached hydrogens (tertiary/aromatic N) is 1. The zero-order valence-electron chi connectivity index (χ0n) is 18.7. The van der Waals surface area contributed by atoms with E-state index in [-0.39, 0.29) is 11.5 Å². The molecule has 164 valence electrons. The molecule has 0 unspecified atom stereocenters. The van der Waals surface area contributed by atoms with Crippen LogP contribution < -0.4 is 14.8 Å². The van der Waals surface area contributed by atoms with Crippen molar-refractivity contribution in [3.8, 4) is 11.5 Å². The van der Waals surface area contributed by atoms with Crippen molar-refractivity contribution in [2.24, 2.45) is 0 Å². The van der Waals surface area contributed by atoms with Crippen molar-refractivity contribution < 1.29 is 14.3 Å². The van der Waals surface area contributed by atoms with Crippen molar-refractivity contribution in [1.29, 1.82) is 0 Å². The van der Waals surface area contributed by atoms with Crippen molar-refractivity contribution in [1.82, 2.24) is 10.2 Å². The van der Waals surface area contributed by atoms with Gasteiger partial charge in [0, 0.05) is 43.1 Å². The third-order valence-corrected chi connectivity index (χ3v) is 6.22. The van der Waals surface area contributed by atoms with Gasteiger partial charge in [0.25, 0.3) is 5.91 Å². The zero-order chi connectivity index (χ0) is 21.8. The quantitative estimate of drug-likeness (QED) is 0.747. The van der Waals surface area contributed by atoms with Crippen LogP contribution in [0.15, 0.2) is 48.5 Å². The lowest BCUT2D eigenvalue weighted by atomic mass is 9.83. The number of piperidine rings is 1. The Morgan fingerprint density at radius 2 is 1.77 bits per heavy atom. The maximum atomic E-state index is 12.7. The van der Waals surface area contributed by atoms with Crippen LogP contribution in [0, 0.1) is 0 Å². The van der Waals surface area contributed by atoms with Crippen molar-refractivity contribution in [2.75, 3.05) is 32.8 Å². The summed E-state index contributed by atoms with van der Waals surface area (Å²) in [5.41, 5.74) is 3.74. The number of hydrogen-bond acceptors (Lipinski definition) is 4. The minimum Gasteiger partial charge on any atom is -0.494 e. The van der Waals surface area contributed by atoms with E-state index in [9.17, 15) is 4.79 Å². The summed E-state index contributed by atoms with van der Waals surface area (Å²) in [6.45, 7) is 9.92. The van der Waals surface area contributed by atoms with Gasteiger partial charge in [0.05, 0.1) is 6.61 Å². The van der Waals surface area contributed by atoms with E-state index in [2.05, 4.69) is 29.6 Å². The molecular formula is C26H32N2O3. The first-order chi connectivity index (χ1) is 15.1. The van der Waals surface area contributed by atoms with Crippen LogP contribution in [0.5, 0.6) is 11.5 Å². The summed E-state index contributed by atoms with van der Waals surface area (Å²) in [6.07, 6.45) is 4.14. The molecule has 2 aliphatic rings. The lowest BCUT2D eigenvalue weighted by Gasteiger charge is -2.40. The van der Waals surface area contributed by atoms with E-state index in [1.54, 1.807) is 0 Å². The summed E-state index contributed by atoms with van der Waals surface area (Å²) in [7, 11) is 0. The Morgan fingerprint density at radius 1 is 1.06 bits per heavy atom. The predicted molar refractivity (Wildman–Crippen MR) is 124 cm³/mol. The van der Waals surface area contributed by atoms with Crippen molar-refractivity contribution in [3.63, 3.8) is 0 Å². The highest BCUT2D eigenvalue weighted by Gasteiger charge is 2.37. The molecule has 1 fully saturated rings. The van der Waals surface area contributed by atoms with Crippen molar-refractivity contribution in [2.45, 2.75) is 39.2 Å². The number of ether oxygens (including phenoxy) is 2. The van der Waals surface area contributed by atoms with Gasteiger partial charge in [0.1, 0.15) is 17.1 Å². The lowest BCUT2D eigenvalue weighted by molar-refractivity contribution is 0.0772. The summed E-state index contributed by atoms with van der Waals surface area (Å²) in [4.78, 5) is 14.5. The molecule has 0 radical (unpaired) electrons. The molecule has 31 heavy (non-hydrogen) atoms. The number of amides is 1. The van der Waals surface area contributed by atoms with Gasteiger partial charge >= 0.3 is 0 Å². The second kappa shape index (κ2) is 9.15. The third-order valence-electron chi connectivity index (χ3n) is 6.22. The van der Waals surface area contributed by atoms with Crippen LogP contribution >= 0.6 is 0 Å². The number of fused-ring (bicyclic) bond motifs is 1. The van der Waals surface area contributed by atoms with Crippen LogP contribution in [-0.2, 0) is 0 Å². The van der Waals surface area contributed by atoms with E-state index in [1.807, 2.05) is 49.9 Å². The molecule has 1 saturated heterocycles. The molecule has 2 aromatic carbocycles. The number of rotatable bonds is 6. The molecule has 0 bridgehead atoms. The Labute approximate surface area is 185 Å². The summed E-state index contributed by atoms with van der Waals surface area (Å²) >= 11 is 0. The van der Waals surface area contributed by atoms with Gasteiger partial charge in [0.15, 0.2) is 0 Å². The lowest BCUT2D eigenvalue weighted by Crippen LogP contribution is -2.46. The molecule has 0 saturated carbocycles. The van der Waals surface area contributed by atoms with Crippen LogP contribution in [0.2, 0.25) is 0 Å². The molecule has 1 spiro atoms. The van der Waals surface area contributed by atoms with Crippen LogP contribution in [0.3, 0.4) is 0 Å². The highest BCUT2D eigenvalue weighted by atomic mass is 16.5. The van der Waals surface area contributed by atoms with Gasteiger partial charge in [-0.1, -0.05) is 12.1 Å². The van der Waals surface area contributed by atoms with Crippen LogP contribution in [0.1, 0.15) is 55.1 Å². The molecule has 2 aliphatic heterocycles. The molecule has 5 heteroatoms. The van der Waals surface area contributed by atoms with Crippen LogP contribution in [-0.4, -0.2) is 49.2 Å². The Morgan fingerprint density at radius 3 is 2.42 bits per heavy atom. The van der Waals surface area contributed by atoms with Gasteiger partial charge in [-0.25, -0.2) is 0 Å². The highest BCUT2D eigenvalue weighted by Crippen LogP contribution is 2.44. The smallest absolute Gasteiger partial charge is 0.253 e. The first kappa shape index (κ1) is 21.4. The molecule has 5 nitrogen and oxygen atoms in total. The average Bonchev–Trinajstić information content (AvgIpc) is 2.80. The second-order valence-electron chi connectivity index (χ2n) is 8.12. The third kappa shape index (κ3) is 4.33. The summed E-state index contributed by atoms with van der Waals surface area (Å²) in [5.74, 6) is 1.77. The van der Waals surface area contributed by atoms with Gasteiger partial charge in [-0.2, -0.15) is 0 Å². The first-order valence-electron chi connectivity index (χ1n) is 11.4. The number of carbonyl (C=O) groups is 1. The Hall–Kier alpha value is -2.79. The molecular weight excluding hydrogens is 388 g/mol. The van der Waals surface area contributed by atoms with Crippen molar-refractivity contribution in [3.05, 3.63) is 65.2 Å². The van der Waals surface area contributed by atoms with Gasteiger partial charge in [-0.3, -0.25) is 4.79 Å². The fourth-order valence-electron chi connectivity index (χ4n) is 4.48. The van der Waals surface area contributed by atoms with E-state index in [0.717, 1.165) is 59.7 Å². The van der Waals surface area contributed by atoms with Crippen LogP contribution in [0.4, 0.5) is 0 Å². The number of nitrogens with one attached hydrogen (secondary N) is 1. The monoisotopic (exact) mass is 420 g/mol. The fourth-order valence-corrected chi connectivity index (χ4v) is 4.48. The molecule has 0 aromatic heterocycles. The minimum atomic E-state index is -0.311. The predicted octanol–water partition coefficient (Wildman–Crippen LogP) is 4.51. The molecule has 1 N–H and O–H groups in total. The topological polar surface area (TPSA) is 50.8 Å². The Kier molecular flexibility index (Phi) is 6.33. The maximum absolute atomic E-state index is 12.7. The first-order valence-corrected chi connectivity index (χ1v) is 11.4. The Bertz CT molecular complexity index is 955. The molecule has 2 heterocycles. The van der Waals surface area contributed by atoms with E-state index < -0.39 is 0 Å². The zero-order valence-corrected chi connectivity index (χ0v) is 18.7.